The molecule has 0 aliphatic rings. The molecule has 0 spiro atoms. The van der Waals surface area contributed by atoms with Crippen LogP contribution in [0.3, 0.4) is 0 Å². The Morgan fingerprint density at radius 1 is 0.792 bits per heavy atom. The molecule has 0 aromatic heterocycles. The highest BCUT2D eigenvalue weighted by Gasteiger charge is 2.60. The summed E-state index contributed by atoms with van der Waals surface area (Å²) in [5, 5.41) is 11.6. The average Bonchev–Trinajstić information content (AvgIpc) is 2.37. The van der Waals surface area contributed by atoms with Crippen molar-refractivity contribution in [1.82, 2.24) is 0 Å². The molecule has 0 fully saturated rings. The van der Waals surface area contributed by atoms with Crippen molar-refractivity contribution in [3.8, 4) is 0 Å². The van der Waals surface area contributed by atoms with Gasteiger partial charge < -0.3 is 5.11 Å². The molecule has 0 aromatic carbocycles. The van der Waals surface area contributed by atoms with E-state index >= 15 is 0 Å². The Hall–Kier alpha value is 0.375. The minimum absolute atomic E-state index is 0.0978. The van der Waals surface area contributed by atoms with Gasteiger partial charge in [-0.05, 0) is 45.2 Å². The van der Waals surface area contributed by atoms with Crippen molar-refractivity contribution < 1.29 is 5.11 Å². The first kappa shape index (κ1) is 24.4. The molecule has 0 amide bonds. The van der Waals surface area contributed by atoms with Gasteiger partial charge in [-0.25, -0.2) is 0 Å². The van der Waals surface area contributed by atoms with E-state index in [4.69, 9.17) is 20.5 Å². The van der Waals surface area contributed by atoms with E-state index < -0.39 is 16.3 Å². The molecule has 0 rings (SSSR count). The van der Waals surface area contributed by atoms with Crippen LogP contribution in [-0.2, 0) is 0 Å². The predicted molar refractivity (Wildman–Crippen MR) is 113 cm³/mol. The minimum Gasteiger partial charge on any atom is -0.399 e. The molecule has 1 nitrogen and oxygen atoms in total. The first-order chi connectivity index (χ1) is 10.3. The van der Waals surface area contributed by atoms with Gasteiger partial charge in [0, 0.05) is 5.50 Å². The zero-order chi connectivity index (χ0) is 19.9. The highest BCUT2D eigenvalue weighted by molar-refractivity contribution is 7.80. The molecule has 1 N–H and O–H groups in total. The molecule has 24 heavy (non-hydrogen) atoms. The van der Waals surface area contributed by atoms with Crippen LogP contribution < -0.4 is 0 Å². The number of hydrogen-bond donors (Lipinski definition) is 2. The van der Waals surface area contributed by atoms with Crippen LogP contribution in [0.25, 0.3) is 0 Å². The van der Waals surface area contributed by atoms with Crippen molar-refractivity contribution in [2.45, 2.75) is 88.6 Å². The van der Waals surface area contributed by atoms with Crippen molar-refractivity contribution >= 4 is 20.5 Å². The summed E-state index contributed by atoms with van der Waals surface area (Å²) in [4.78, 5) is 0. The van der Waals surface area contributed by atoms with Crippen molar-refractivity contribution in [2.24, 2.45) is 39.4 Å². The normalized spacial score (nSPS) is 18.8. The van der Waals surface area contributed by atoms with Crippen LogP contribution in [0.15, 0.2) is 0 Å². The van der Waals surface area contributed by atoms with Gasteiger partial charge in [0.15, 0.2) is 0 Å². The summed E-state index contributed by atoms with van der Waals surface area (Å²) in [5.41, 5.74) is -2.30. The number of hydrogen-bond acceptors (Lipinski definition) is 2. The largest absolute Gasteiger partial charge is 0.399 e. The highest BCUT2D eigenvalue weighted by atomic mass is 32.1. The van der Waals surface area contributed by atoms with E-state index in [1.54, 1.807) is 0 Å². The maximum Gasteiger partial charge on any atom is 0.114 e. The van der Waals surface area contributed by atoms with Crippen molar-refractivity contribution in [1.29, 1.82) is 0 Å². The van der Waals surface area contributed by atoms with Gasteiger partial charge in [-0.2, -0.15) is 12.6 Å². The van der Waals surface area contributed by atoms with E-state index in [2.05, 4.69) is 83.1 Å². The summed E-state index contributed by atoms with van der Waals surface area (Å²) in [6.07, 6.45) is 0. The number of aliphatic hydroxyl groups is 1. The minimum atomic E-state index is -1.30. The fourth-order valence-corrected chi connectivity index (χ4v) is 4.90. The van der Waals surface area contributed by atoms with Crippen LogP contribution in [0, 0.1) is 39.4 Å². The lowest BCUT2D eigenvalue weighted by Crippen LogP contribution is -2.65. The molecule has 0 saturated carbocycles. The molecule has 0 bridgehead atoms. The first-order valence-corrected chi connectivity index (χ1v) is 10.1. The predicted octanol–water partition coefficient (Wildman–Crippen LogP) is 5.81. The van der Waals surface area contributed by atoms with Gasteiger partial charge in [0.2, 0.25) is 0 Å². The van der Waals surface area contributed by atoms with E-state index in [0.29, 0.717) is 11.8 Å². The van der Waals surface area contributed by atoms with Gasteiger partial charge in [0.1, 0.15) is 7.85 Å². The zero-order valence-electron chi connectivity index (χ0n) is 18.4. The van der Waals surface area contributed by atoms with E-state index in [9.17, 15) is 5.11 Å². The molecule has 2 radical (unpaired) electrons. The Morgan fingerprint density at radius 3 is 1.42 bits per heavy atom. The molecule has 2 unspecified atom stereocenters. The molecule has 142 valence electrons. The second-order valence-electron chi connectivity index (χ2n) is 10.7. The molecule has 0 saturated heterocycles. The second kappa shape index (κ2) is 7.18. The Balaban J connectivity index is 6.25. The number of rotatable bonds is 8. The average molecular weight is 354 g/mol. The summed E-state index contributed by atoms with van der Waals surface area (Å²) in [6, 6.07) is 0. The lowest BCUT2D eigenvalue weighted by Gasteiger charge is -2.63. The van der Waals surface area contributed by atoms with Crippen molar-refractivity contribution in [2.75, 3.05) is 5.75 Å². The van der Waals surface area contributed by atoms with Gasteiger partial charge in [-0.3, -0.25) is 0 Å². The molecule has 0 aliphatic heterocycles. The van der Waals surface area contributed by atoms with Crippen LogP contribution in [0.1, 0.15) is 83.1 Å². The summed E-state index contributed by atoms with van der Waals surface area (Å²) < 4.78 is 0. The summed E-state index contributed by atoms with van der Waals surface area (Å²) in [7, 11) is 6.70. The van der Waals surface area contributed by atoms with Gasteiger partial charge in [-0.1, -0.05) is 83.1 Å². The Morgan fingerprint density at radius 2 is 1.17 bits per heavy atom. The topological polar surface area (TPSA) is 20.2 Å². The van der Waals surface area contributed by atoms with Gasteiger partial charge in [0.25, 0.3) is 0 Å². The Kier molecular flexibility index (Phi) is 7.29. The van der Waals surface area contributed by atoms with E-state index in [1.807, 2.05) is 0 Å². The van der Waals surface area contributed by atoms with Crippen LogP contribution in [0.5, 0.6) is 0 Å². The molecule has 3 heteroatoms. The van der Waals surface area contributed by atoms with Gasteiger partial charge >= 0.3 is 0 Å². The maximum absolute atomic E-state index is 11.6. The lowest BCUT2D eigenvalue weighted by atomic mass is 9.40. The Bertz CT molecular complexity index is 420. The third-order valence-corrected chi connectivity index (χ3v) is 8.79. The molecule has 2 atom stereocenters. The maximum atomic E-state index is 11.6. The summed E-state index contributed by atoms with van der Waals surface area (Å²) in [6.45, 7) is 26.4. The van der Waals surface area contributed by atoms with E-state index in [1.165, 1.54) is 0 Å². The molecule has 0 aliphatic carbocycles. The molecular weight excluding hydrogens is 311 g/mol. The summed E-state index contributed by atoms with van der Waals surface area (Å²) in [5.74, 6) is 1.89. The SMILES string of the molecule is [B]C(O)(C(C)(C)C(C)C)C(C)(C)C(C)(C)C(CS)C(C)(C)C(C)C. The summed E-state index contributed by atoms with van der Waals surface area (Å²) >= 11 is 4.72. The van der Waals surface area contributed by atoms with Crippen LogP contribution in [0.2, 0.25) is 0 Å². The van der Waals surface area contributed by atoms with Crippen molar-refractivity contribution in [3.63, 3.8) is 0 Å². The van der Waals surface area contributed by atoms with Gasteiger partial charge in [0.05, 0.1) is 0 Å². The second-order valence-corrected chi connectivity index (χ2v) is 11.1. The zero-order valence-corrected chi connectivity index (χ0v) is 19.3. The number of thiol groups is 1. The Labute approximate surface area is 159 Å². The van der Waals surface area contributed by atoms with Crippen LogP contribution >= 0.6 is 12.6 Å². The molecule has 0 aromatic rings. The van der Waals surface area contributed by atoms with Crippen LogP contribution in [0.4, 0.5) is 0 Å². The van der Waals surface area contributed by atoms with Crippen LogP contribution in [-0.4, -0.2) is 24.2 Å². The standard InChI is InChI=1S/C21H43BOS/c1-14(2)17(5,6)16(13-24)19(9,10)20(11,12)21(22,23)18(7,8)15(3)4/h14-16,23-24H,13H2,1-12H3. The fraction of sp³-hybridized carbons (Fsp3) is 1.00. The highest BCUT2D eigenvalue weighted by Crippen LogP contribution is 2.60. The quantitative estimate of drug-likeness (QED) is 0.416. The molecule has 0 heterocycles. The van der Waals surface area contributed by atoms with E-state index in [-0.39, 0.29) is 16.7 Å². The lowest BCUT2D eigenvalue weighted by molar-refractivity contribution is -0.173. The van der Waals surface area contributed by atoms with Gasteiger partial charge in [-0.15, -0.1) is 0 Å². The monoisotopic (exact) mass is 354 g/mol. The smallest absolute Gasteiger partial charge is 0.114 e. The third-order valence-electron chi connectivity index (χ3n) is 8.43. The third kappa shape index (κ3) is 3.59. The van der Waals surface area contributed by atoms with Crippen molar-refractivity contribution in [3.05, 3.63) is 0 Å². The van der Waals surface area contributed by atoms with E-state index in [0.717, 1.165) is 5.75 Å². The molecular formula is C21H43BOS. The first-order valence-electron chi connectivity index (χ1n) is 9.45. The fourth-order valence-electron chi connectivity index (χ4n) is 3.97.